The Hall–Kier alpha value is -4.20. The molecule has 0 fully saturated rings. The fourth-order valence-electron chi connectivity index (χ4n) is 4.06. The third-order valence-corrected chi connectivity index (χ3v) is 5.77. The average molecular weight is 443 g/mol. The van der Waals surface area contributed by atoms with Gasteiger partial charge in [-0.05, 0) is 55.3 Å². The van der Waals surface area contributed by atoms with Crippen LogP contribution in [0, 0.1) is 12.7 Å². The highest BCUT2D eigenvalue weighted by Crippen LogP contribution is 2.25. The van der Waals surface area contributed by atoms with Crippen molar-refractivity contribution in [2.75, 3.05) is 7.11 Å². The molecule has 0 amide bonds. The Morgan fingerprint density at radius 2 is 1.91 bits per heavy atom. The third kappa shape index (κ3) is 3.59. The Labute approximate surface area is 189 Å². The van der Waals surface area contributed by atoms with Crippen LogP contribution in [-0.2, 0) is 0 Å². The average Bonchev–Trinajstić information content (AvgIpc) is 3.52. The molecule has 0 saturated carbocycles. The van der Waals surface area contributed by atoms with Crippen LogP contribution in [0.1, 0.15) is 29.8 Å². The predicted octanol–water partition coefficient (Wildman–Crippen LogP) is 3.29. The van der Waals surface area contributed by atoms with E-state index < -0.39 is 0 Å². The van der Waals surface area contributed by atoms with Crippen molar-refractivity contribution >= 4 is 11.9 Å². The van der Waals surface area contributed by atoms with Crippen molar-refractivity contribution in [3.8, 4) is 11.4 Å². The molecule has 1 unspecified atom stereocenters. The van der Waals surface area contributed by atoms with E-state index >= 15 is 0 Å². The summed E-state index contributed by atoms with van der Waals surface area (Å²) in [6.07, 6.45) is 8.89. The maximum absolute atomic E-state index is 13.4. The lowest BCUT2D eigenvalue weighted by molar-refractivity contribution is 0.413. The van der Waals surface area contributed by atoms with E-state index in [4.69, 9.17) is 4.74 Å². The number of aryl methyl sites for hydroxylation is 1. The Kier molecular flexibility index (Phi) is 5.05. The van der Waals surface area contributed by atoms with Crippen LogP contribution >= 0.6 is 0 Å². The predicted molar refractivity (Wildman–Crippen MR) is 123 cm³/mol. The molecule has 33 heavy (non-hydrogen) atoms. The normalized spacial score (nSPS) is 13.0. The van der Waals surface area contributed by atoms with Crippen molar-refractivity contribution in [2.24, 2.45) is 0 Å². The van der Waals surface area contributed by atoms with Gasteiger partial charge in [-0.25, -0.2) is 14.4 Å². The van der Waals surface area contributed by atoms with E-state index in [0.29, 0.717) is 16.9 Å². The molecule has 3 heterocycles. The number of imidazole rings is 3. The third-order valence-electron chi connectivity index (χ3n) is 5.77. The number of ether oxygens (including phenoxy) is 1. The molecule has 5 rings (SSSR count). The highest BCUT2D eigenvalue weighted by molar-refractivity contribution is 5.58. The summed E-state index contributed by atoms with van der Waals surface area (Å²) in [5.74, 6) is 0.874. The number of methoxy groups -OCH3 is 1. The summed E-state index contributed by atoms with van der Waals surface area (Å²) in [6, 6.07) is 11.6. The van der Waals surface area contributed by atoms with Crippen LogP contribution in [0.5, 0.6) is 5.75 Å². The highest BCUT2D eigenvalue weighted by Gasteiger charge is 2.18. The van der Waals surface area contributed by atoms with Crippen LogP contribution in [0.3, 0.4) is 0 Å². The van der Waals surface area contributed by atoms with Gasteiger partial charge < -0.3 is 9.30 Å². The zero-order chi connectivity index (χ0) is 23.1. The van der Waals surface area contributed by atoms with Crippen molar-refractivity contribution < 1.29 is 9.13 Å². The van der Waals surface area contributed by atoms with Gasteiger partial charge in [0.1, 0.15) is 16.9 Å². The lowest BCUT2D eigenvalue weighted by atomic mass is 10.1. The van der Waals surface area contributed by atoms with Gasteiger partial charge in [0.2, 0.25) is 5.78 Å². The van der Waals surface area contributed by atoms with E-state index in [9.17, 15) is 9.18 Å². The minimum absolute atomic E-state index is 0.178. The summed E-state index contributed by atoms with van der Waals surface area (Å²) in [4.78, 5) is 22.1. The van der Waals surface area contributed by atoms with Crippen LogP contribution in [0.4, 0.5) is 4.39 Å². The Morgan fingerprint density at radius 1 is 1.12 bits per heavy atom. The first-order valence-corrected chi connectivity index (χ1v) is 10.5. The first-order chi connectivity index (χ1) is 16.0. The lowest BCUT2D eigenvalue weighted by Gasteiger charge is -2.12. The number of hydrogen-bond acceptors (Lipinski definition) is 4. The van der Waals surface area contributed by atoms with E-state index in [1.54, 1.807) is 46.9 Å². The van der Waals surface area contributed by atoms with Gasteiger partial charge in [-0.3, -0.25) is 13.8 Å². The molecule has 0 spiro atoms. The molecule has 2 aromatic carbocycles. The first-order valence-electron chi connectivity index (χ1n) is 10.5. The van der Waals surface area contributed by atoms with Gasteiger partial charge in [0.05, 0.1) is 30.9 Å². The molecule has 8 heteroatoms. The Morgan fingerprint density at radius 3 is 2.61 bits per heavy atom. The fraction of sp³-hybridized carbons (Fsp3) is 0.160. The molecule has 0 aliphatic heterocycles. The fourth-order valence-corrected chi connectivity index (χ4v) is 4.06. The number of rotatable bonds is 5. The molecule has 7 nitrogen and oxygen atoms in total. The number of aromatic nitrogens is 5. The SMILES string of the molecule is COc1cc(/C=c2/c(=O)n(C(C)c3ccc(F)cc3)c3nccn23)ccc1-n1cnc(C)c1. The molecule has 0 saturated heterocycles. The molecule has 1 atom stereocenters. The molecule has 0 radical (unpaired) electrons. The van der Waals surface area contributed by atoms with Gasteiger partial charge in [-0.15, -0.1) is 0 Å². The van der Waals surface area contributed by atoms with Gasteiger partial charge in [-0.1, -0.05) is 18.2 Å². The zero-order valence-corrected chi connectivity index (χ0v) is 18.4. The quantitative estimate of drug-likeness (QED) is 0.418. The summed E-state index contributed by atoms with van der Waals surface area (Å²) in [6.45, 7) is 3.83. The maximum Gasteiger partial charge on any atom is 0.278 e. The van der Waals surface area contributed by atoms with Crippen molar-refractivity contribution in [3.05, 3.63) is 106 Å². The minimum Gasteiger partial charge on any atom is -0.495 e. The van der Waals surface area contributed by atoms with Crippen molar-refractivity contribution in [1.82, 2.24) is 23.5 Å². The largest absolute Gasteiger partial charge is 0.495 e. The lowest BCUT2D eigenvalue weighted by Crippen LogP contribution is -2.32. The molecule has 5 aromatic rings. The maximum atomic E-state index is 13.4. The molecular weight excluding hydrogens is 421 g/mol. The minimum atomic E-state index is -0.316. The molecular formula is C25H22FN5O2. The number of fused-ring (bicyclic) bond motifs is 1. The van der Waals surface area contributed by atoms with Crippen LogP contribution in [-0.4, -0.2) is 30.6 Å². The van der Waals surface area contributed by atoms with Crippen LogP contribution < -0.4 is 15.6 Å². The van der Waals surface area contributed by atoms with Gasteiger partial charge in [0.15, 0.2) is 0 Å². The second-order valence-electron chi connectivity index (χ2n) is 7.88. The van der Waals surface area contributed by atoms with Crippen molar-refractivity contribution in [1.29, 1.82) is 0 Å². The van der Waals surface area contributed by atoms with Crippen LogP contribution in [0.2, 0.25) is 0 Å². The van der Waals surface area contributed by atoms with Gasteiger partial charge in [0, 0.05) is 18.6 Å². The van der Waals surface area contributed by atoms with Gasteiger partial charge in [0.25, 0.3) is 5.56 Å². The first kappa shape index (κ1) is 20.7. The number of hydrogen-bond donors (Lipinski definition) is 0. The van der Waals surface area contributed by atoms with E-state index in [1.807, 2.05) is 48.9 Å². The summed E-state index contributed by atoms with van der Waals surface area (Å²) in [5, 5.41) is 0.477. The monoisotopic (exact) mass is 443 g/mol. The van der Waals surface area contributed by atoms with E-state index in [0.717, 1.165) is 22.5 Å². The molecule has 0 N–H and O–H groups in total. The summed E-state index contributed by atoms with van der Waals surface area (Å²) >= 11 is 0. The molecule has 0 aliphatic rings. The molecule has 166 valence electrons. The molecule has 0 aliphatic carbocycles. The summed E-state index contributed by atoms with van der Waals surface area (Å²) < 4.78 is 24.3. The van der Waals surface area contributed by atoms with Gasteiger partial charge >= 0.3 is 0 Å². The standard InChI is InChI=1S/C25H22FN5O2/c1-16-14-29(15-28-16)21-9-4-18(13-23(21)33-3)12-22-24(32)31(25-27-10-11-30(22)25)17(2)19-5-7-20(26)8-6-19/h4-15,17H,1-3H3/b22-12-. The van der Waals surface area contributed by atoms with Crippen molar-refractivity contribution in [2.45, 2.75) is 19.9 Å². The van der Waals surface area contributed by atoms with Crippen molar-refractivity contribution in [3.63, 3.8) is 0 Å². The molecule has 3 aromatic heterocycles. The second kappa shape index (κ2) is 8.05. The van der Waals surface area contributed by atoms with Crippen LogP contribution in [0.15, 0.2) is 72.2 Å². The van der Waals surface area contributed by atoms with E-state index in [1.165, 1.54) is 12.1 Å². The highest BCUT2D eigenvalue weighted by atomic mass is 19.1. The number of nitrogens with zero attached hydrogens (tertiary/aromatic N) is 5. The Bertz CT molecular complexity index is 1560. The summed E-state index contributed by atoms with van der Waals surface area (Å²) in [5.41, 5.74) is 3.22. The zero-order valence-electron chi connectivity index (χ0n) is 18.4. The topological polar surface area (TPSA) is 66.3 Å². The number of halogens is 1. The second-order valence-corrected chi connectivity index (χ2v) is 7.88. The smallest absolute Gasteiger partial charge is 0.278 e. The number of benzene rings is 2. The van der Waals surface area contributed by atoms with Crippen LogP contribution in [0.25, 0.3) is 17.5 Å². The summed E-state index contributed by atoms with van der Waals surface area (Å²) in [7, 11) is 1.61. The van der Waals surface area contributed by atoms with E-state index in [2.05, 4.69) is 9.97 Å². The Balaban J connectivity index is 1.63. The van der Waals surface area contributed by atoms with Gasteiger partial charge in [-0.2, -0.15) is 0 Å². The molecule has 0 bridgehead atoms. The van der Waals surface area contributed by atoms with E-state index in [-0.39, 0.29) is 17.4 Å².